The Morgan fingerprint density at radius 3 is 2.68 bits per heavy atom. The van der Waals surface area contributed by atoms with Crippen molar-refractivity contribution in [3.63, 3.8) is 0 Å². The minimum Gasteiger partial charge on any atom is -0.394 e. The molecular formula is C19H20F3IN4O4. The molecule has 0 radical (unpaired) electrons. The van der Waals surface area contributed by atoms with Gasteiger partial charge in [-0.2, -0.15) is 0 Å². The minimum atomic E-state index is -1.43. The van der Waals surface area contributed by atoms with Gasteiger partial charge in [0.25, 0.3) is 5.91 Å². The topological polar surface area (TPSA) is 104 Å². The van der Waals surface area contributed by atoms with E-state index in [2.05, 4.69) is 15.8 Å². The molecule has 2 aromatic carbocycles. The van der Waals surface area contributed by atoms with Crippen molar-refractivity contribution in [2.45, 2.75) is 0 Å². The second-order valence-electron chi connectivity index (χ2n) is 5.94. The maximum absolute atomic E-state index is 14.9. The zero-order valence-electron chi connectivity index (χ0n) is 16.3. The number of carbonyl (C=O) groups excluding carboxylic acids is 1. The molecule has 12 heteroatoms. The molecule has 0 saturated heterocycles. The number of likely N-dealkylation sites (N-methyl/N-ethyl adjacent to an activating group) is 1. The maximum atomic E-state index is 14.9. The molecule has 0 aromatic heterocycles. The predicted molar refractivity (Wildman–Crippen MR) is 117 cm³/mol. The van der Waals surface area contributed by atoms with E-state index < -0.39 is 29.0 Å². The number of aliphatic hydroxyl groups excluding tert-OH is 1. The van der Waals surface area contributed by atoms with Gasteiger partial charge in [0.05, 0.1) is 36.4 Å². The Bertz CT molecular complexity index is 947. The number of oxime groups is 1. The summed E-state index contributed by atoms with van der Waals surface area (Å²) in [7, 11) is 1.70. The van der Waals surface area contributed by atoms with Gasteiger partial charge in [-0.25, -0.2) is 18.7 Å². The number of hydrogen-bond acceptors (Lipinski definition) is 7. The van der Waals surface area contributed by atoms with Crippen molar-refractivity contribution < 1.29 is 32.7 Å². The molecule has 0 heterocycles. The first kappa shape index (κ1) is 24.8. The van der Waals surface area contributed by atoms with Crippen molar-refractivity contribution in [2.24, 2.45) is 5.16 Å². The number of carbonyl (C=O) groups is 1. The summed E-state index contributed by atoms with van der Waals surface area (Å²) >= 11 is 1.89. The van der Waals surface area contributed by atoms with Gasteiger partial charge in [0, 0.05) is 15.7 Å². The fourth-order valence-corrected chi connectivity index (χ4v) is 2.73. The third-order valence-corrected chi connectivity index (χ3v) is 4.41. The van der Waals surface area contributed by atoms with Gasteiger partial charge in [-0.05, 0) is 53.9 Å². The standard InChI is InChI=1S/C19H20F3IN4O4/c1-24-4-6-30-25-10-11-8-13(19(29)27-31-7-5-28)18(17(22)16(11)21)26-15-3-2-12(23)9-14(15)20/h2-3,8-10,24,26,28H,4-7H2,1H3,(H,27,29). The van der Waals surface area contributed by atoms with Crippen LogP contribution in [0.1, 0.15) is 15.9 Å². The van der Waals surface area contributed by atoms with Crippen LogP contribution in [0, 0.1) is 21.0 Å². The highest BCUT2D eigenvalue weighted by molar-refractivity contribution is 14.1. The van der Waals surface area contributed by atoms with Crippen molar-refractivity contribution in [2.75, 3.05) is 38.7 Å². The third kappa shape index (κ3) is 7.05. The second-order valence-corrected chi connectivity index (χ2v) is 7.19. The van der Waals surface area contributed by atoms with Crippen LogP contribution >= 0.6 is 22.6 Å². The molecule has 0 aliphatic rings. The summed E-state index contributed by atoms with van der Waals surface area (Å²) < 4.78 is 44.3. The Hall–Kier alpha value is -2.42. The third-order valence-electron chi connectivity index (χ3n) is 3.74. The summed E-state index contributed by atoms with van der Waals surface area (Å²) in [6.45, 7) is 0.0656. The first-order valence-corrected chi connectivity index (χ1v) is 10.0. The fraction of sp³-hybridized carbons (Fsp3) is 0.263. The molecule has 0 aliphatic heterocycles. The number of benzene rings is 2. The van der Waals surface area contributed by atoms with Crippen molar-refractivity contribution in [1.29, 1.82) is 0 Å². The van der Waals surface area contributed by atoms with E-state index in [0.29, 0.717) is 10.1 Å². The molecule has 0 saturated carbocycles. The van der Waals surface area contributed by atoms with E-state index in [1.54, 1.807) is 13.1 Å². The first-order chi connectivity index (χ1) is 14.9. The number of amides is 1. The fourth-order valence-electron chi connectivity index (χ4n) is 2.28. The van der Waals surface area contributed by atoms with Gasteiger partial charge >= 0.3 is 0 Å². The van der Waals surface area contributed by atoms with Crippen LogP contribution in [-0.4, -0.2) is 50.6 Å². The van der Waals surface area contributed by atoms with E-state index in [1.807, 2.05) is 28.1 Å². The van der Waals surface area contributed by atoms with E-state index in [9.17, 15) is 18.0 Å². The monoisotopic (exact) mass is 552 g/mol. The van der Waals surface area contributed by atoms with Crippen molar-refractivity contribution >= 4 is 46.1 Å². The predicted octanol–water partition coefficient (Wildman–Crippen LogP) is 2.68. The molecule has 0 atom stereocenters. The Kier molecular flexibility index (Phi) is 9.97. The molecule has 2 aromatic rings. The lowest BCUT2D eigenvalue weighted by molar-refractivity contribution is 0.0168. The van der Waals surface area contributed by atoms with Crippen LogP contribution in [0.15, 0.2) is 29.4 Å². The molecule has 4 N–H and O–H groups in total. The largest absolute Gasteiger partial charge is 0.394 e. The molecule has 0 bridgehead atoms. The number of halogens is 4. The van der Waals surface area contributed by atoms with Crippen LogP contribution in [0.2, 0.25) is 0 Å². The number of nitrogens with one attached hydrogen (secondary N) is 3. The number of rotatable bonds is 11. The summed E-state index contributed by atoms with van der Waals surface area (Å²) in [4.78, 5) is 22.1. The van der Waals surface area contributed by atoms with Crippen molar-refractivity contribution in [3.8, 4) is 0 Å². The SMILES string of the molecule is CNCCON=Cc1cc(C(=O)NOCCO)c(Nc2ccc(I)cc2F)c(F)c1F. The molecule has 2 rings (SSSR count). The van der Waals surface area contributed by atoms with Crippen LogP contribution in [0.4, 0.5) is 24.5 Å². The Balaban J connectivity index is 2.43. The first-order valence-electron chi connectivity index (χ1n) is 8.96. The molecule has 168 valence electrons. The maximum Gasteiger partial charge on any atom is 0.277 e. The second kappa shape index (κ2) is 12.4. The summed E-state index contributed by atoms with van der Waals surface area (Å²) in [5.74, 6) is -4.42. The van der Waals surface area contributed by atoms with Gasteiger partial charge in [0.15, 0.2) is 11.6 Å². The lowest BCUT2D eigenvalue weighted by Crippen LogP contribution is -2.26. The van der Waals surface area contributed by atoms with Gasteiger partial charge in [-0.3, -0.25) is 9.63 Å². The highest BCUT2D eigenvalue weighted by atomic mass is 127. The summed E-state index contributed by atoms with van der Waals surface area (Å²) in [5, 5.41) is 17.5. The summed E-state index contributed by atoms with van der Waals surface area (Å²) in [6.07, 6.45) is 0.911. The van der Waals surface area contributed by atoms with Gasteiger partial charge < -0.3 is 20.6 Å². The van der Waals surface area contributed by atoms with Crippen molar-refractivity contribution in [1.82, 2.24) is 10.8 Å². The molecule has 0 aliphatic carbocycles. The molecule has 0 fully saturated rings. The number of hydroxylamine groups is 1. The molecule has 8 nitrogen and oxygen atoms in total. The lowest BCUT2D eigenvalue weighted by atomic mass is 10.1. The van der Waals surface area contributed by atoms with E-state index in [1.165, 1.54) is 12.1 Å². The number of nitrogens with zero attached hydrogens (tertiary/aromatic N) is 1. The average Bonchev–Trinajstić information content (AvgIpc) is 2.74. The van der Waals surface area contributed by atoms with E-state index in [0.717, 1.165) is 12.3 Å². The smallest absolute Gasteiger partial charge is 0.277 e. The van der Waals surface area contributed by atoms with E-state index in [-0.39, 0.29) is 36.6 Å². The lowest BCUT2D eigenvalue weighted by Gasteiger charge is -2.15. The number of anilines is 2. The van der Waals surface area contributed by atoms with Gasteiger partial charge in [-0.15, -0.1) is 0 Å². The van der Waals surface area contributed by atoms with Crippen LogP contribution < -0.4 is 16.1 Å². The Morgan fingerprint density at radius 1 is 1.23 bits per heavy atom. The van der Waals surface area contributed by atoms with Crippen LogP contribution in [-0.2, 0) is 9.68 Å². The van der Waals surface area contributed by atoms with E-state index in [4.69, 9.17) is 14.8 Å². The van der Waals surface area contributed by atoms with Crippen molar-refractivity contribution in [3.05, 3.63) is 56.4 Å². The van der Waals surface area contributed by atoms with Gasteiger partial charge in [0.2, 0.25) is 0 Å². The van der Waals surface area contributed by atoms with Gasteiger partial charge in [0.1, 0.15) is 12.4 Å². The van der Waals surface area contributed by atoms with Crippen LogP contribution in [0.5, 0.6) is 0 Å². The normalized spacial score (nSPS) is 11.0. The molecule has 0 spiro atoms. The highest BCUT2D eigenvalue weighted by Crippen LogP contribution is 2.30. The quantitative estimate of drug-likeness (QED) is 0.148. The summed E-state index contributed by atoms with van der Waals surface area (Å²) in [6, 6.07) is 5.07. The number of hydrogen-bond donors (Lipinski definition) is 4. The Labute approximate surface area is 189 Å². The Morgan fingerprint density at radius 2 is 2.00 bits per heavy atom. The van der Waals surface area contributed by atoms with E-state index >= 15 is 0 Å². The molecular weight excluding hydrogens is 532 g/mol. The van der Waals surface area contributed by atoms with Crippen LogP contribution in [0.3, 0.4) is 0 Å². The average molecular weight is 552 g/mol. The van der Waals surface area contributed by atoms with Crippen LogP contribution in [0.25, 0.3) is 0 Å². The highest BCUT2D eigenvalue weighted by Gasteiger charge is 2.23. The zero-order valence-corrected chi connectivity index (χ0v) is 18.5. The zero-order chi connectivity index (χ0) is 22.8. The minimum absolute atomic E-state index is 0.166. The molecule has 0 unspecified atom stereocenters. The molecule has 31 heavy (non-hydrogen) atoms. The van der Waals surface area contributed by atoms with Gasteiger partial charge in [-0.1, -0.05) is 5.16 Å². The summed E-state index contributed by atoms with van der Waals surface area (Å²) in [5.41, 5.74) is 0.479. The number of aliphatic hydroxyl groups is 1. The molecule has 1 amide bonds.